The van der Waals surface area contributed by atoms with Gasteiger partial charge in [-0.1, -0.05) is 78.9 Å². The first kappa shape index (κ1) is 33.0. The van der Waals surface area contributed by atoms with Gasteiger partial charge in [-0.15, -0.1) is 0 Å². The highest BCUT2D eigenvalue weighted by molar-refractivity contribution is 5.91. The number of carbonyl (C=O) groups excluding carboxylic acids is 3. The van der Waals surface area contributed by atoms with Crippen LogP contribution in [0.4, 0.5) is 16.2 Å². The van der Waals surface area contributed by atoms with Crippen LogP contribution in [0, 0.1) is 6.92 Å². The Morgan fingerprint density at radius 1 is 0.980 bits per heavy atom. The second-order valence-electron chi connectivity index (χ2n) is 12.2. The molecule has 0 saturated carbocycles. The number of para-hydroxylation sites is 2. The number of piperazine rings is 1. The van der Waals surface area contributed by atoms with Gasteiger partial charge >= 0.3 is 6.03 Å². The number of nitrogens with two attached hydrogens (primary N) is 1. The number of nitrogens with zero attached hydrogens (tertiary/aromatic N) is 5. The number of hydrazone groups is 1. The van der Waals surface area contributed by atoms with Gasteiger partial charge in [-0.2, -0.15) is 5.10 Å². The van der Waals surface area contributed by atoms with E-state index in [0.717, 1.165) is 33.5 Å². The molecule has 12 nitrogen and oxygen atoms in total. The molecule has 0 aromatic heterocycles. The number of rotatable bonds is 10. The maximum Gasteiger partial charge on any atom is 0.334 e. The molecule has 0 spiro atoms. The van der Waals surface area contributed by atoms with Crippen LogP contribution >= 0.6 is 0 Å². The van der Waals surface area contributed by atoms with E-state index in [9.17, 15) is 19.5 Å². The van der Waals surface area contributed by atoms with E-state index in [1.807, 2.05) is 79.7 Å². The Labute approximate surface area is 285 Å². The number of hydrazine groups is 1. The lowest BCUT2D eigenvalue weighted by molar-refractivity contribution is -0.170. The smallest absolute Gasteiger partial charge is 0.334 e. The molecule has 2 heterocycles. The average molecular weight is 661 g/mol. The minimum absolute atomic E-state index is 0.0724. The molecule has 252 valence electrons. The Bertz CT molecular complexity index is 1830. The fourth-order valence-corrected chi connectivity index (χ4v) is 6.52. The molecule has 2 atom stereocenters. The number of urea groups is 1. The van der Waals surface area contributed by atoms with Gasteiger partial charge in [-0.25, -0.2) is 15.2 Å². The molecule has 6 rings (SSSR count). The predicted octanol–water partition coefficient (Wildman–Crippen LogP) is 3.74. The number of carbonyl (C=O) groups is 3. The van der Waals surface area contributed by atoms with Gasteiger partial charge in [0.05, 0.1) is 25.3 Å². The van der Waals surface area contributed by atoms with Gasteiger partial charge in [0.15, 0.2) is 0 Å². The Morgan fingerprint density at radius 3 is 2.43 bits per heavy atom. The second-order valence-corrected chi connectivity index (χ2v) is 12.2. The second kappa shape index (κ2) is 14.5. The monoisotopic (exact) mass is 660 g/mol. The third-order valence-electron chi connectivity index (χ3n) is 8.98. The first-order chi connectivity index (χ1) is 23.7. The highest BCUT2D eigenvalue weighted by atomic mass is 16.3. The van der Waals surface area contributed by atoms with Gasteiger partial charge in [-0.05, 0) is 52.9 Å². The van der Waals surface area contributed by atoms with E-state index in [1.54, 1.807) is 34.2 Å². The average Bonchev–Trinajstić information content (AvgIpc) is 3.10. The van der Waals surface area contributed by atoms with Gasteiger partial charge in [0.1, 0.15) is 18.0 Å². The number of phenols is 1. The number of hydrogen-bond donors (Lipinski definition) is 4. The number of amides is 4. The van der Waals surface area contributed by atoms with Crippen molar-refractivity contribution in [3.63, 3.8) is 0 Å². The summed E-state index contributed by atoms with van der Waals surface area (Å²) < 4.78 is 0. The molecule has 49 heavy (non-hydrogen) atoms. The standard InChI is InChI=1S/C37H40N8O4/c1-25-9-8-13-29(35(25)43(39-2)23-28-12-6-7-14-31(28)38)22-42-24-33-44(32(36(42)48)19-26-15-17-30(46)18-16-26)34(47)21-41-45(33)37(49)40-20-27-10-4-3-5-11-27/h3-18,32-33,41,46H,2,19-24,38H2,1H3,(H,40,49)/t32-,33-/m0/s1. The summed E-state index contributed by atoms with van der Waals surface area (Å²) in [4.78, 5) is 44.8. The van der Waals surface area contributed by atoms with E-state index in [4.69, 9.17) is 5.73 Å². The van der Waals surface area contributed by atoms with Crippen LogP contribution in [0.3, 0.4) is 0 Å². The minimum atomic E-state index is -0.895. The quantitative estimate of drug-likeness (QED) is 0.115. The molecule has 12 heteroatoms. The molecule has 2 saturated heterocycles. The Balaban J connectivity index is 1.33. The number of benzene rings is 4. The molecular weight excluding hydrogens is 620 g/mol. The highest BCUT2D eigenvalue weighted by Crippen LogP contribution is 2.32. The predicted molar refractivity (Wildman–Crippen MR) is 188 cm³/mol. The summed E-state index contributed by atoms with van der Waals surface area (Å²) in [7, 11) is 0. The third-order valence-corrected chi connectivity index (χ3v) is 8.98. The van der Waals surface area contributed by atoms with Crippen LogP contribution < -0.4 is 21.5 Å². The summed E-state index contributed by atoms with van der Waals surface area (Å²) in [5.41, 5.74) is 15.0. The summed E-state index contributed by atoms with van der Waals surface area (Å²) >= 11 is 0. The summed E-state index contributed by atoms with van der Waals surface area (Å²) in [5, 5.41) is 20.4. The lowest BCUT2D eigenvalue weighted by Gasteiger charge is -2.52. The summed E-state index contributed by atoms with van der Waals surface area (Å²) in [6, 6.07) is 28.2. The minimum Gasteiger partial charge on any atom is -0.508 e. The van der Waals surface area contributed by atoms with Crippen molar-refractivity contribution in [2.24, 2.45) is 5.10 Å². The van der Waals surface area contributed by atoms with Gasteiger partial charge in [-0.3, -0.25) is 14.6 Å². The molecular formula is C37H40N8O4. The molecule has 2 aliphatic heterocycles. The SMILES string of the molecule is C=NN(Cc1ccccc1N)c1c(C)cccc1CN1C[C@@H]2N(C(=O)NCc3ccccc3)NCC(=O)N2[C@@H](Cc2ccc(O)cc2)C1=O. The lowest BCUT2D eigenvalue weighted by atomic mass is 9.98. The van der Waals surface area contributed by atoms with Crippen molar-refractivity contribution in [1.29, 1.82) is 0 Å². The van der Waals surface area contributed by atoms with Crippen molar-refractivity contribution in [1.82, 2.24) is 25.6 Å². The molecule has 4 aromatic carbocycles. The van der Waals surface area contributed by atoms with Crippen LogP contribution in [0.25, 0.3) is 0 Å². The Morgan fingerprint density at radius 2 is 1.69 bits per heavy atom. The Kier molecular flexibility index (Phi) is 9.77. The number of nitrogens with one attached hydrogen (secondary N) is 2. The zero-order chi connectivity index (χ0) is 34.5. The molecule has 0 aliphatic carbocycles. The largest absolute Gasteiger partial charge is 0.508 e. The summed E-state index contributed by atoms with van der Waals surface area (Å²) in [6.07, 6.45) is -0.589. The molecule has 0 bridgehead atoms. The normalized spacial score (nSPS) is 17.4. The topological polar surface area (TPSA) is 147 Å². The molecule has 4 amide bonds. The number of aromatic hydroxyl groups is 1. The zero-order valence-electron chi connectivity index (χ0n) is 27.3. The van der Waals surface area contributed by atoms with Gasteiger partial charge in [0.25, 0.3) is 0 Å². The number of phenolic OH excluding ortho intramolecular Hbond substituents is 1. The van der Waals surface area contributed by atoms with E-state index in [2.05, 4.69) is 22.6 Å². The lowest BCUT2D eigenvalue weighted by Crippen LogP contribution is -2.76. The van der Waals surface area contributed by atoms with E-state index >= 15 is 0 Å². The maximum absolute atomic E-state index is 14.4. The molecule has 5 N–H and O–H groups in total. The highest BCUT2D eigenvalue weighted by Gasteiger charge is 2.49. The van der Waals surface area contributed by atoms with Crippen molar-refractivity contribution in [3.8, 4) is 5.75 Å². The zero-order valence-corrected chi connectivity index (χ0v) is 27.3. The molecule has 0 radical (unpaired) electrons. The van der Waals surface area contributed by atoms with Crippen molar-refractivity contribution in [3.05, 3.63) is 125 Å². The number of aryl methyl sites for hydroxylation is 1. The number of fused-ring (bicyclic) bond motifs is 1. The maximum atomic E-state index is 14.4. The van der Waals surface area contributed by atoms with Gasteiger partial charge in [0, 0.05) is 31.9 Å². The van der Waals surface area contributed by atoms with E-state index in [0.29, 0.717) is 18.8 Å². The third kappa shape index (κ3) is 7.19. The Hall–Kier alpha value is -5.88. The summed E-state index contributed by atoms with van der Waals surface area (Å²) in [6.45, 7) is 6.60. The van der Waals surface area contributed by atoms with Crippen LogP contribution in [-0.4, -0.2) is 69.8 Å². The molecule has 2 fully saturated rings. The van der Waals surface area contributed by atoms with E-state index in [1.165, 1.54) is 9.91 Å². The van der Waals surface area contributed by atoms with Crippen LogP contribution in [0.5, 0.6) is 5.75 Å². The van der Waals surface area contributed by atoms with Gasteiger partial charge < -0.3 is 26.0 Å². The van der Waals surface area contributed by atoms with Crippen LogP contribution in [0.15, 0.2) is 102 Å². The van der Waals surface area contributed by atoms with Gasteiger partial charge in [0.2, 0.25) is 11.8 Å². The number of hydrogen-bond acceptors (Lipinski definition) is 8. The first-order valence-corrected chi connectivity index (χ1v) is 16.1. The van der Waals surface area contributed by atoms with Crippen molar-refractivity contribution < 1.29 is 19.5 Å². The van der Waals surface area contributed by atoms with Crippen molar-refractivity contribution in [2.75, 3.05) is 23.8 Å². The van der Waals surface area contributed by atoms with E-state index in [-0.39, 0.29) is 43.6 Å². The number of nitrogen functional groups attached to an aromatic ring is 1. The van der Waals surface area contributed by atoms with Crippen LogP contribution in [-0.2, 0) is 35.6 Å². The molecule has 2 aliphatic rings. The fourth-order valence-electron chi connectivity index (χ4n) is 6.52. The van der Waals surface area contributed by atoms with E-state index < -0.39 is 18.2 Å². The van der Waals surface area contributed by atoms with Crippen molar-refractivity contribution >= 4 is 35.9 Å². The fraction of sp³-hybridized carbons (Fsp3) is 0.243. The summed E-state index contributed by atoms with van der Waals surface area (Å²) in [5.74, 6) is -0.433. The van der Waals surface area contributed by atoms with Crippen molar-refractivity contribution in [2.45, 2.75) is 45.2 Å². The first-order valence-electron chi connectivity index (χ1n) is 16.1. The van der Waals surface area contributed by atoms with Crippen LogP contribution in [0.2, 0.25) is 0 Å². The molecule has 4 aromatic rings. The van der Waals surface area contributed by atoms with Crippen LogP contribution in [0.1, 0.15) is 27.8 Å². The number of anilines is 2. The molecule has 0 unspecified atom stereocenters.